The van der Waals surface area contributed by atoms with E-state index in [2.05, 4.69) is 10.1 Å². The minimum absolute atomic E-state index is 0.0665. The first-order chi connectivity index (χ1) is 13.0. The molecule has 3 rings (SSSR count). The molecular formula is C16H12N4O6S. The van der Waals surface area contributed by atoms with E-state index in [4.69, 9.17) is 9.63 Å². The van der Waals surface area contributed by atoms with E-state index in [1.54, 1.807) is 24.3 Å². The molecule has 3 aromatic rings. The Labute approximate surface area is 156 Å². The molecule has 0 fully saturated rings. The van der Waals surface area contributed by atoms with Crippen molar-refractivity contribution in [2.75, 3.05) is 0 Å². The van der Waals surface area contributed by atoms with E-state index in [9.17, 15) is 20.2 Å². The van der Waals surface area contributed by atoms with E-state index >= 15 is 0 Å². The van der Waals surface area contributed by atoms with Crippen LogP contribution in [0, 0.1) is 20.2 Å². The second-order valence-corrected chi connectivity index (χ2v) is 6.33. The standard InChI is InChI=1S/C16H12N4O6S/c21-8-10-1-3-12(4-2-10)15-17-16(26-18-15)27-9-11-5-13(19(22)23)7-14(6-11)20(24)25/h1-7,21H,8-9H2. The Bertz CT molecular complexity index is 957. The summed E-state index contributed by atoms with van der Waals surface area (Å²) in [7, 11) is 0. The molecule has 0 amide bonds. The van der Waals surface area contributed by atoms with Crippen LogP contribution in [-0.2, 0) is 12.4 Å². The number of nitro benzene ring substituents is 2. The van der Waals surface area contributed by atoms with Crippen LogP contribution in [0.2, 0.25) is 0 Å². The third kappa shape index (κ3) is 4.46. The largest absolute Gasteiger partial charge is 0.392 e. The maximum atomic E-state index is 10.9. The zero-order valence-corrected chi connectivity index (χ0v) is 14.5. The highest BCUT2D eigenvalue weighted by molar-refractivity contribution is 7.98. The minimum atomic E-state index is -0.679. The lowest BCUT2D eigenvalue weighted by Gasteiger charge is -2.00. The number of hydrogen-bond acceptors (Lipinski definition) is 9. The lowest BCUT2D eigenvalue weighted by Crippen LogP contribution is -1.95. The maximum absolute atomic E-state index is 10.9. The van der Waals surface area contributed by atoms with Crippen LogP contribution in [0.4, 0.5) is 11.4 Å². The topological polar surface area (TPSA) is 145 Å². The SMILES string of the molecule is O=[N+]([O-])c1cc(CSc2nc(-c3ccc(CO)cc3)no2)cc([N+](=O)[O-])c1. The van der Waals surface area contributed by atoms with Crippen LogP contribution in [0.5, 0.6) is 0 Å². The molecule has 0 unspecified atom stereocenters. The molecular weight excluding hydrogens is 376 g/mol. The molecule has 1 N–H and O–H groups in total. The first-order valence-corrected chi connectivity index (χ1v) is 8.54. The van der Waals surface area contributed by atoms with Gasteiger partial charge in [-0.2, -0.15) is 4.98 Å². The van der Waals surface area contributed by atoms with Gasteiger partial charge in [0.2, 0.25) is 5.82 Å². The zero-order chi connectivity index (χ0) is 19.4. The van der Waals surface area contributed by atoms with Crippen molar-refractivity contribution in [1.82, 2.24) is 10.1 Å². The summed E-state index contributed by atoms with van der Waals surface area (Å²) < 4.78 is 5.14. The second kappa shape index (κ2) is 7.93. The van der Waals surface area contributed by atoms with Crippen molar-refractivity contribution in [3.8, 4) is 11.4 Å². The molecule has 0 saturated heterocycles. The summed E-state index contributed by atoms with van der Waals surface area (Å²) in [6, 6.07) is 10.4. The van der Waals surface area contributed by atoms with Crippen molar-refractivity contribution in [1.29, 1.82) is 0 Å². The van der Waals surface area contributed by atoms with E-state index in [1.165, 1.54) is 12.1 Å². The molecule has 0 saturated carbocycles. The average molecular weight is 388 g/mol. The van der Waals surface area contributed by atoms with Crippen LogP contribution in [0.15, 0.2) is 52.2 Å². The number of rotatable bonds is 7. The average Bonchev–Trinajstić information content (AvgIpc) is 3.15. The van der Waals surface area contributed by atoms with Crippen molar-refractivity contribution in [2.24, 2.45) is 0 Å². The van der Waals surface area contributed by atoms with Gasteiger partial charge >= 0.3 is 0 Å². The van der Waals surface area contributed by atoms with Gasteiger partial charge in [-0.05, 0) is 11.1 Å². The number of thioether (sulfide) groups is 1. The predicted octanol–water partition coefficient (Wildman–Crippen LogP) is 3.34. The van der Waals surface area contributed by atoms with Crippen LogP contribution in [0.25, 0.3) is 11.4 Å². The molecule has 0 atom stereocenters. The number of nitro groups is 2. The maximum Gasteiger partial charge on any atom is 0.286 e. The summed E-state index contributed by atoms with van der Waals surface area (Å²) in [4.78, 5) is 24.7. The highest BCUT2D eigenvalue weighted by Crippen LogP contribution is 2.29. The quantitative estimate of drug-likeness (QED) is 0.366. The number of hydrogen-bond donors (Lipinski definition) is 1. The van der Waals surface area contributed by atoms with Gasteiger partial charge in [-0.1, -0.05) is 41.2 Å². The lowest BCUT2D eigenvalue weighted by atomic mass is 10.1. The van der Waals surface area contributed by atoms with Crippen molar-refractivity contribution in [3.63, 3.8) is 0 Å². The molecule has 0 spiro atoms. The monoisotopic (exact) mass is 388 g/mol. The summed E-state index contributed by atoms with van der Waals surface area (Å²) in [5.41, 5.74) is 1.15. The summed E-state index contributed by atoms with van der Waals surface area (Å²) >= 11 is 1.11. The van der Waals surface area contributed by atoms with Crippen molar-refractivity contribution < 1.29 is 19.5 Å². The van der Waals surface area contributed by atoms with Crippen LogP contribution >= 0.6 is 11.8 Å². The first kappa shape index (κ1) is 18.5. The Morgan fingerprint density at radius 3 is 2.19 bits per heavy atom. The number of non-ortho nitro benzene ring substituents is 2. The number of aliphatic hydroxyl groups is 1. The Morgan fingerprint density at radius 1 is 1.00 bits per heavy atom. The lowest BCUT2D eigenvalue weighted by molar-refractivity contribution is -0.394. The summed E-state index contributed by atoms with van der Waals surface area (Å²) in [6.07, 6.45) is 0. The number of aliphatic hydroxyl groups excluding tert-OH is 1. The Hall–Kier alpha value is -3.31. The van der Waals surface area contributed by atoms with Crippen molar-refractivity contribution in [2.45, 2.75) is 17.6 Å². The van der Waals surface area contributed by atoms with Gasteiger partial charge in [0.05, 0.1) is 22.5 Å². The molecule has 10 nitrogen and oxygen atoms in total. The highest BCUT2D eigenvalue weighted by atomic mass is 32.2. The van der Waals surface area contributed by atoms with Gasteiger partial charge in [-0.25, -0.2) is 0 Å². The first-order valence-electron chi connectivity index (χ1n) is 7.55. The fourth-order valence-electron chi connectivity index (χ4n) is 2.24. The minimum Gasteiger partial charge on any atom is -0.392 e. The van der Waals surface area contributed by atoms with E-state index in [0.717, 1.165) is 23.4 Å². The van der Waals surface area contributed by atoms with Gasteiger partial charge in [-0.3, -0.25) is 20.2 Å². The number of benzene rings is 2. The second-order valence-electron chi connectivity index (χ2n) is 5.40. The molecule has 0 aliphatic rings. The van der Waals surface area contributed by atoms with Crippen LogP contribution in [0.1, 0.15) is 11.1 Å². The van der Waals surface area contributed by atoms with Gasteiger partial charge in [0.15, 0.2) is 0 Å². The smallest absolute Gasteiger partial charge is 0.286 e. The summed E-state index contributed by atoms with van der Waals surface area (Å²) in [6.45, 7) is -0.0665. The number of nitrogens with zero attached hydrogens (tertiary/aromatic N) is 4. The van der Waals surface area contributed by atoms with Crippen molar-refractivity contribution in [3.05, 3.63) is 73.8 Å². The van der Waals surface area contributed by atoms with Gasteiger partial charge in [0.1, 0.15) is 0 Å². The van der Waals surface area contributed by atoms with E-state index in [-0.39, 0.29) is 29.0 Å². The van der Waals surface area contributed by atoms with E-state index in [1.807, 2.05) is 0 Å². The molecule has 0 radical (unpaired) electrons. The normalized spacial score (nSPS) is 10.7. The highest BCUT2D eigenvalue weighted by Gasteiger charge is 2.17. The molecule has 138 valence electrons. The fourth-order valence-corrected chi connectivity index (χ4v) is 2.94. The van der Waals surface area contributed by atoms with Gasteiger partial charge in [-0.15, -0.1) is 0 Å². The number of aromatic nitrogens is 2. The van der Waals surface area contributed by atoms with Gasteiger partial charge < -0.3 is 9.63 Å². The molecule has 1 aromatic heterocycles. The summed E-state index contributed by atoms with van der Waals surface area (Å²) in [5, 5.41) is 35.0. The van der Waals surface area contributed by atoms with E-state index < -0.39 is 9.85 Å². The molecule has 2 aromatic carbocycles. The predicted molar refractivity (Wildman–Crippen MR) is 95.0 cm³/mol. The molecule has 0 bridgehead atoms. The molecule has 0 aliphatic carbocycles. The fraction of sp³-hybridized carbons (Fsp3) is 0.125. The molecule has 27 heavy (non-hydrogen) atoms. The van der Waals surface area contributed by atoms with Gasteiger partial charge in [0.25, 0.3) is 16.6 Å². The van der Waals surface area contributed by atoms with E-state index in [0.29, 0.717) is 17.0 Å². The van der Waals surface area contributed by atoms with Crippen LogP contribution in [-0.4, -0.2) is 25.1 Å². The van der Waals surface area contributed by atoms with Crippen molar-refractivity contribution >= 4 is 23.1 Å². The Kier molecular flexibility index (Phi) is 5.43. The third-order valence-corrected chi connectivity index (χ3v) is 4.44. The van der Waals surface area contributed by atoms with Crippen LogP contribution < -0.4 is 0 Å². The van der Waals surface area contributed by atoms with Gasteiger partial charge in [0, 0.05) is 23.4 Å². The molecule has 0 aliphatic heterocycles. The summed E-state index contributed by atoms with van der Waals surface area (Å²) in [5.74, 6) is 0.542. The zero-order valence-electron chi connectivity index (χ0n) is 13.6. The van der Waals surface area contributed by atoms with Crippen LogP contribution in [0.3, 0.4) is 0 Å². The Balaban J connectivity index is 1.74. The third-order valence-electron chi connectivity index (χ3n) is 3.55. The molecule has 11 heteroatoms. The molecule has 1 heterocycles. The Morgan fingerprint density at radius 2 is 1.63 bits per heavy atom.